The number of urea groups is 1. The molecule has 2 aromatic heterocycles. The highest BCUT2D eigenvalue weighted by atomic mass is 32.1. The molecule has 6 heteroatoms. The summed E-state index contributed by atoms with van der Waals surface area (Å²) in [6.07, 6.45) is 4.14. The minimum Gasteiger partial charge on any atom is -0.323 e. The van der Waals surface area contributed by atoms with E-state index in [0.29, 0.717) is 0 Å². The predicted molar refractivity (Wildman–Crippen MR) is 95.5 cm³/mol. The van der Waals surface area contributed by atoms with Crippen LogP contribution in [0.2, 0.25) is 0 Å². The van der Waals surface area contributed by atoms with Crippen LogP contribution in [0, 0.1) is 6.92 Å². The molecule has 1 aliphatic heterocycles. The van der Waals surface area contributed by atoms with Crippen molar-refractivity contribution < 1.29 is 4.79 Å². The van der Waals surface area contributed by atoms with Gasteiger partial charge in [0.25, 0.3) is 0 Å². The molecule has 1 aliphatic rings. The summed E-state index contributed by atoms with van der Waals surface area (Å²) in [7, 11) is 0. The third-order valence-electron chi connectivity index (χ3n) is 4.06. The van der Waals surface area contributed by atoms with Crippen molar-refractivity contribution in [2.75, 3.05) is 13.1 Å². The Morgan fingerprint density at radius 2 is 2.04 bits per heavy atom. The van der Waals surface area contributed by atoms with E-state index in [0.717, 1.165) is 36.4 Å². The fourth-order valence-electron chi connectivity index (χ4n) is 2.92. The van der Waals surface area contributed by atoms with Gasteiger partial charge >= 0.3 is 6.03 Å². The van der Waals surface area contributed by atoms with Gasteiger partial charge in [-0.15, -0.1) is 22.7 Å². The van der Waals surface area contributed by atoms with Crippen molar-refractivity contribution in [3.63, 3.8) is 0 Å². The van der Waals surface area contributed by atoms with Crippen LogP contribution in [-0.4, -0.2) is 28.6 Å². The van der Waals surface area contributed by atoms with Crippen LogP contribution < -0.4 is 4.80 Å². The van der Waals surface area contributed by atoms with Crippen LogP contribution >= 0.6 is 22.7 Å². The topological polar surface area (TPSA) is 37.6 Å². The van der Waals surface area contributed by atoms with Crippen molar-refractivity contribution >= 4 is 38.8 Å². The van der Waals surface area contributed by atoms with Crippen LogP contribution in [0.5, 0.6) is 0 Å². The zero-order valence-electron chi connectivity index (χ0n) is 12.9. The molecule has 0 bridgehead atoms. The highest BCUT2D eigenvalue weighted by Gasteiger charge is 2.17. The Morgan fingerprint density at radius 1 is 1.22 bits per heavy atom. The number of benzene rings is 1. The number of hydrogen-bond acceptors (Lipinski definition) is 3. The largest absolute Gasteiger partial charge is 0.346 e. The molecular weight excluding hydrogens is 326 g/mol. The van der Waals surface area contributed by atoms with Crippen LogP contribution in [0.15, 0.2) is 40.8 Å². The van der Waals surface area contributed by atoms with Gasteiger partial charge in [0.1, 0.15) is 0 Å². The van der Waals surface area contributed by atoms with Crippen molar-refractivity contribution in [1.29, 1.82) is 0 Å². The van der Waals surface area contributed by atoms with Gasteiger partial charge in [0, 0.05) is 39.9 Å². The van der Waals surface area contributed by atoms with Gasteiger partial charge in [-0.25, -0.2) is 4.79 Å². The Hall–Kier alpha value is -1.92. The predicted octanol–water partition coefficient (Wildman–Crippen LogP) is 4.18. The number of nitrogens with zero attached hydrogens (tertiary/aromatic N) is 3. The number of aromatic nitrogens is 1. The molecule has 1 fully saturated rings. The van der Waals surface area contributed by atoms with E-state index in [9.17, 15) is 4.79 Å². The molecular formula is C17H17N3OS2. The molecule has 4 nitrogen and oxygen atoms in total. The first-order valence-corrected chi connectivity index (χ1v) is 9.41. The van der Waals surface area contributed by atoms with Crippen molar-refractivity contribution in [1.82, 2.24) is 9.47 Å². The monoisotopic (exact) mass is 343 g/mol. The van der Waals surface area contributed by atoms with Gasteiger partial charge in [-0.05, 0) is 49.4 Å². The lowest BCUT2D eigenvalue weighted by Crippen LogP contribution is -2.27. The van der Waals surface area contributed by atoms with E-state index in [4.69, 9.17) is 0 Å². The SMILES string of the molecule is Cc1cc2cc(-n3ccs/c3=N\C(=O)N3CCCC3)ccc2s1. The van der Waals surface area contributed by atoms with E-state index in [1.165, 1.54) is 26.3 Å². The number of thiophene rings is 1. The maximum atomic E-state index is 12.3. The minimum atomic E-state index is -0.119. The normalized spacial score (nSPS) is 15.7. The van der Waals surface area contributed by atoms with E-state index in [2.05, 4.69) is 36.2 Å². The molecule has 0 unspecified atom stereocenters. The first-order valence-electron chi connectivity index (χ1n) is 7.71. The first kappa shape index (κ1) is 14.7. The number of rotatable bonds is 1. The lowest BCUT2D eigenvalue weighted by molar-refractivity contribution is 0.218. The molecule has 3 heterocycles. The van der Waals surface area contributed by atoms with Crippen LogP contribution in [0.4, 0.5) is 4.79 Å². The number of amides is 2. The highest BCUT2D eigenvalue weighted by molar-refractivity contribution is 7.19. The molecule has 1 aromatic carbocycles. The summed E-state index contributed by atoms with van der Waals surface area (Å²) in [6, 6.07) is 8.46. The first-order chi connectivity index (χ1) is 11.2. The third kappa shape index (κ3) is 2.84. The number of aryl methyl sites for hydroxylation is 1. The second kappa shape index (κ2) is 5.94. The molecule has 118 valence electrons. The van der Waals surface area contributed by atoms with Crippen molar-refractivity contribution in [3.8, 4) is 5.69 Å². The van der Waals surface area contributed by atoms with E-state index in [-0.39, 0.29) is 6.03 Å². The van der Waals surface area contributed by atoms with Gasteiger partial charge in [-0.1, -0.05) is 0 Å². The maximum Gasteiger partial charge on any atom is 0.346 e. The third-order valence-corrected chi connectivity index (χ3v) is 5.85. The number of fused-ring (bicyclic) bond motifs is 1. The standard InChI is InChI=1S/C17H17N3OS2/c1-12-10-13-11-14(4-5-15(13)23-12)20-8-9-22-17(20)18-16(21)19-6-2-3-7-19/h4-5,8-11H,2-3,6-7H2,1H3/b18-17-. The molecule has 4 rings (SSSR count). The van der Waals surface area contributed by atoms with Crippen molar-refractivity contribution in [2.24, 2.45) is 4.99 Å². The van der Waals surface area contributed by atoms with Gasteiger partial charge in [-0.2, -0.15) is 4.99 Å². The smallest absolute Gasteiger partial charge is 0.323 e. The van der Waals surface area contributed by atoms with Gasteiger partial charge < -0.3 is 4.90 Å². The summed E-state index contributed by atoms with van der Waals surface area (Å²) in [4.78, 5) is 20.5. The zero-order chi connectivity index (χ0) is 15.8. The number of likely N-dealkylation sites (tertiary alicyclic amines) is 1. The Morgan fingerprint density at radius 3 is 2.87 bits per heavy atom. The maximum absolute atomic E-state index is 12.3. The second-order valence-electron chi connectivity index (χ2n) is 5.72. The fraction of sp³-hybridized carbons (Fsp3) is 0.294. The summed E-state index contributed by atoms with van der Waals surface area (Å²) >= 11 is 3.29. The number of carbonyl (C=O) groups excluding carboxylic acids is 1. The molecule has 2 amide bonds. The number of carbonyl (C=O) groups is 1. The Balaban J connectivity index is 1.74. The summed E-state index contributed by atoms with van der Waals surface area (Å²) in [5.41, 5.74) is 1.05. The quantitative estimate of drug-likeness (QED) is 0.653. The van der Waals surface area contributed by atoms with Crippen LogP contribution in [-0.2, 0) is 0 Å². The Kier molecular flexibility index (Phi) is 3.79. The number of thiazole rings is 1. The lowest BCUT2D eigenvalue weighted by atomic mass is 10.2. The van der Waals surface area contributed by atoms with Gasteiger partial charge in [0.05, 0.1) is 0 Å². The minimum absolute atomic E-state index is 0.119. The van der Waals surface area contributed by atoms with Gasteiger partial charge in [-0.3, -0.25) is 4.57 Å². The highest BCUT2D eigenvalue weighted by Crippen LogP contribution is 2.26. The van der Waals surface area contributed by atoms with Gasteiger partial charge in [0.15, 0.2) is 4.80 Å². The van der Waals surface area contributed by atoms with Crippen LogP contribution in [0.3, 0.4) is 0 Å². The lowest BCUT2D eigenvalue weighted by Gasteiger charge is -2.10. The molecule has 3 aromatic rings. The summed E-state index contributed by atoms with van der Waals surface area (Å²) in [5, 5.41) is 3.21. The van der Waals surface area contributed by atoms with Crippen LogP contribution in [0.1, 0.15) is 17.7 Å². The Bertz CT molecular complexity index is 929. The number of hydrogen-bond donors (Lipinski definition) is 0. The van der Waals surface area contributed by atoms with E-state index < -0.39 is 0 Å². The van der Waals surface area contributed by atoms with Crippen LogP contribution in [0.25, 0.3) is 15.8 Å². The van der Waals surface area contributed by atoms with E-state index in [1.54, 1.807) is 11.3 Å². The van der Waals surface area contributed by atoms with E-state index in [1.807, 2.05) is 21.0 Å². The van der Waals surface area contributed by atoms with Gasteiger partial charge in [0.2, 0.25) is 0 Å². The summed E-state index contributed by atoms with van der Waals surface area (Å²) in [5.74, 6) is 0. The molecule has 0 atom stereocenters. The van der Waals surface area contributed by atoms with Crippen molar-refractivity contribution in [3.05, 3.63) is 45.5 Å². The molecule has 1 saturated heterocycles. The molecule has 0 N–H and O–H groups in total. The summed E-state index contributed by atoms with van der Waals surface area (Å²) < 4.78 is 3.28. The van der Waals surface area contributed by atoms with E-state index >= 15 is 0 Å². The molecule has 23 heavy (non-hydrogen) atoms. The molecule has 0 saturated carbocycles. The molecule has 0 aliphatic carbocycles. The molecule has 0 radical (unpaired) electrons. The average Bonchev–Trinajstić information content (AvgIpc) is 3.26. The molecule has 0 spiro atoms. The summed E-state index contributed by atoms with van der Waals surface area (Å²) in [6.45, 7) is 3.78. The Labute approximate surface area is 142 Å². The second-order valence-corrected chi connectivity index (χ2v) is 7.88. The fourth-order valence-corrected chi connectivity index (χ4v) is 4.54. The average molecular weight is 343 g/mol. The zero-order valence-corrected chi connectivity index (χ0v) is 14.5. The van der Waals surface area contributed by atoms with Crippen molar-refractivity contribution in [2.45, 2.75) is 19.8 Å².